The van der Waals surface area contributed by atoms with E-state index in [0.717, 1.165) is 37.2 Å². The van der Waals surface area contributed by atoms with E-state index in [0.29, 0.717) is 6.04 Å². The zero-order valence-electron chi connectivity index (χ0n) is 10.6. The lowest BCUT2D eigenvalue weighted by molar-refractivity contribution is 0.232. The summed E-state index contributed by atoms with van der Waals surface area (Å²) in [5, 5.41) is 3.47. The van der Waals surface area contributed by atoms with Gasteiger partial charge in [0.15, 0.2) is 0 Å². The quantitative estimate of drug-likeness (QED) is 0.787. The Morgan fingerprint density at radius 1 is 1.35 bits per heavy atom. The minimum Gasteiger partial charge on any atom is -0.355 e. The second kappa shape index (κ2) is 4.26. The van der Waals surface area contributed by atoms with Gasteiger partial charge in [-0.25, -0.2) is 4.98 Å². The molecule has 1 saturated heterocycles. The van der Waals surface area contributed by atoms with E-state index in [9.17, 15) is 0 Å². The zero-order chi connectivity index (χ0) is 11.8. The highest BCUT2D eigenvalue weighted by Gasteiger charge is 2.37. The third-order valence-electron chi connectivity index (χ3n) is 4.33. The minimum atomic E-state index is 0.587. The molecular formula is C13H20N4. The average Bonchev–Trinajstić information content (AvgIpc) is 2.68. The van der Waals surface area contributed by atoms with Gasteiger partial charge in [0.2, 0.25) is 0 Å². The lowest BCUT2D eigenvalue weighted by Gasteiger charge is -2.37. The Hall–Kier alpha value is -1.16. The van der Waals surface area contributed by atoms with Crippen LogP contribution in [0.4, 0.5) is 5.82 Å². The highest BCUT2D eigenvalue weighted by molar-refractivity contribution is 5.49. The van der Waals surface area contributed by atoms with Crippen molar-refractivity contribution in [1.29, 1.82) is 0 Å². The molecule has 2 aliphatic heterocycles. The molecule has 1 aromatic rings. The van der Waals surface area contributed by atoms with Crippen LogP contribution in [0.25, 0.3) is 0 Å². The lowest BCUT2D eigenvalue weighted by Crippen LogP contribution is -2.46. The van der Waals surface area contributed by atoms with Crippen LogP contribution in [0.5, 0.6) is 0 Å². The molecule has 0 amide bonds. The summed E-state index contributed by atoms with van der Waals surface area (Å²) in [5.41, 5.74) is 1.17. The van der Waals surface area contributed by atoms with E-state index < -0.39 is 0 Å². The van der Waals surface area contributed by atoms with E-state index in [1.807, 2.05) is 0 Å². The van der Waals surface area contributed by atoms with Crippen LogP contribution in [0.2, 0.25) is 0 Å². The van der Waals surface area contributed by atoms with Gasteiger partial charge in [-0.15, -0.1) is 0 Å². The molecule has 0 radical (unpaired) electrons. The number of hydrogen-bond donors (Lipinski definition) is 1. The number of nitrogens with one attached hydrogen (secondary N) is 1. The molecule has 17 heavy (non-hydrogen) atoms. The van der Waals surface area contributed by atoms with E-state index in [-0.39, 0.29) is 0 Å². The third kappa shape index (κ3) is 1.80. The highest BCUT2D eigenvalue weighted by atomic mass is 15.2. The van der Waals surface area contributed by atoms with Gasteiger partial charge in [0, 0.05) is 31.9 Å². The van der Waals surface area contributed by atoms with Crippen LogP contribution in [-0.2, 0) is 6.42 Å². The number of nitrogens with zero attached hydrogens (tertiary/aromatic N) is 3. The van der Waals surface area contributed by atoms with Gasteiger partial charge in [-0.05, 0) is 31.3 Å². The van der Waals surface area contributed by atoms with E-state index in [4.69, 9.17) is 0 Å². The Morgan fingerprint density at radius 2 is 2.18 bits per heavy atom. The monoisotopic (exact) mass is 232 g/mol. The van der Waals surface area contributed by atoms with Crippen LogP contribution < -0.4 is 10.2 Å². The fourth-order valence-electron chi connectivity index (χ4n) is 3.33. The standard InChI is InChI=1S/C13H20N4/c1-9-8-14-4-3-10(9)12-7-11-13(17(12)2)16-6-5-15-11/h5-6,9-10,12,14H,3-4,7-8H2,1-2H3. The van der Waals surface area contributed by atoms with Gasteiger partial charge in [-0.1, -0.05) is 6.92 Å². The van der Waals surface area contributed by atoms with Crippen LogP contribution in [0.15, 0.2) is 12.4 Å². The molecular weight excluding hydrogens is 212 g/mol. The van der Waals surface area contributed by atoms with Gasteiger partial charge in [0.05, 0.1) is 5.69 Å². The van der Waals surface area contributed by atoms with Gasteiger partial charge < -0.3 is 10.2 Å². The second-order valence-corrected chi connectivity index (χ2v) is 5.34. The number of piperidine rings is 1. The van der Waals surface area contributed by atoms with Crippen molar-refractivity contribution in [3.63, 3.8) is 0 Å². The summed E-state index contributed by atoms with van der Waals surface area (Å²) < 4.78 is 0. The van der Waals surface area contributed by atoms with Gasteiger partial charge >= 0.3 is 0 Å². The topological polar surface area (TPSA) is 41.1 Å². The van der Waals surface area contributed by atoms with Crippen LogP contribution in [0.3, 0.4) is 0 Å². The van der Waals surface area contributed by atoms with Crippen molar-refractivity contribution in [2.75, 3.05) is 25.0 Å². The SMILES string of the molecule is CC1CNCCC1C1Cc2nccnc2N1C. The smallest absolute Gasteiger partial charge is 0.150 e. The Kier molecular flexibility index (Phi) is 2.74. The van der Waals surface area contributed by atoms with Crippen LogP contribution >= 0.6 is 0 Å². The molecule has 4 nitrogen and oxygen atoms in total. The fourth-order valence-corrected chi connectivity index (χ4v) is 3.33. The first-order valence-electron chi connectivity index (χ1n) is 6.51. The van der Waals surface area contributed by atoms with Crippen molar-refractivity contribution in [3.05, 3.63) is 18.1 Å². The van der Waals surface area contributed by atoms with Crippen molar-refractivity contribution in [3.8, 4) is 0 Å². The molecule has 0 saturated carbocycles. The molecule has 0 aliphatic carbocycles. The summed E-state index contributed by atoms with van der Waals surface area (Å²) in [4.78, 5) is 11.3. The van der Waals surface area contributed by atoms with Gasteiger partial charge in [-0.3, -0.25) is 4.98 Å². The summed E-state index contributed by atoms with van der Waals surface area (Å²) in [6.07, 6.45) is 5.93. The second-order valence-electron chi connectivity index (χ2n) is 5.34. The van der Waals surface area contributed by atoms with Crippen molar-refractivity contribution >= 4 is 5.82 Å². The Balaban J connectivity index is 1.83. The number of fused-ring (bicyclic) bond motifs is 1. The Morgan fingerprint density at radius 3 is 2.94 bits per heavy atom. The molecule has 1 N–H and O–H groups in total. The molecule has 2 aliphatic rings. The van der Waals surface area contributed by atoms with Crippen molar-refractivity contribution in [2.45, 2.75) is 25.8 Å². The fraction of sp³-hybridized carbons (Fsp3) is 0.692. The summed E-state index contributed by atoms with van der Waals surface area (Å²) in [6, 6.07) is 0.587. The molecule has 4 heteroatoms. The largest absolute Gasteiger partial charge is 0.355 e. The molecule has 0 aromatic carbocycles. The maximum absolute atomic E-state index is 4.46. The first-order valence-corrected chi connectivity index (χ1v) is 6.51. The van der Waals surface area contributed by atoms with Crippen LogP contribution in [0.1, 0.15) is 19.0 Å². The first kappa shape index (κ1) is 11.0. The minimum absolute atomic E-state index is 0.587. The van der Waals surface area contributed by atoms with Crippen molar-refractivity contribution in [1.82, 2.24) is 15.3 Å². The van der Waals surface area contributed by atoms with Gasteiger partial charge in [0.1, 0.15) is 5.82 Å². The molecule has 3 heterocycles. The predicted molar refractivity (Wildman–Crippen MR) is 68.1 cm³/mol. The Bertz CT molecular complexity index is 406. The molecule has 3 rings (SSSR count). The van der Waals surface area contributed by atoms with E-state index in [1.165, 1.54) is 12.1 Å². The van der Waals surface area contributed by atoms with E-state index >= 15 is 0 Å². The summed E-state index contributed by atoms with van der Waals surface area (Å²) in [5.74, 6) is 2.59. The average molecular weight is 232 g/mol. The number of hydrogen-bond acceptors (Lipinski definition) is 4. The van der Waals surface area contributed by atoms with Gasteiger partial charge in [0.25, 0.3) is 0 Å². The molecule has 1 aromatic heterocycles. The van der Waals surface area contributed by atoms with Crippen LogP contribution in [0, 0.1) is 11.8 Å². The maximum Gasteiger partial charge on any atom is 0.150 e. The van der Waals surface area contributed by atoms with Crippen molar-refractivity contribution < 1.29 is 0 Å². The summed E-state index contributed by atoms with van der Waals surface area (Å²) in [7, 11) is 2.17. The summed E-state index contributed by atoms with van der Waals surface area (Å²) >= 11 is 0. The highest BCUT2D eigenvalue weighted by Crippen LogP contribution is 2.35. The summed E-state index contributed by atoms with van der Waals surface area (Å²) in [6.45, 7) is 4.65. The van der Waals surface area contributed by atoms with Crippen LogP contribution in [-0.4, -0.2) is 36.1 Å². The lowest BCUT2D eigenvalue weighted by atomic mass is 9.81. The molecule has 0 spiro atoms. The molecule has 3 unspecified atom stereocenters. The zero-order valence-corrected chi connectivity index (χ0v) is 10.6. The molecule has 92 valence electrons. The van der Waals surface area contributed by atoms with Gasteiger partial charge in [-0.2, -0.15) is 0 Å². The van der Waals surface area contributed by atoms with E-state index in [1.54, 1.807) is 12.4 Å². The Labute approximate surface area is 102 Å². The third-order valence-corrected chi connectivity index (χ3v) is 4.33. The maximum atomic E-state index is 4.46. The molecule has 3 atom stereocenters. The van der Waals surface area contributed by atoms with E-state index in [2.05, 4.69) is 34.2 Å². The first-order chi connectivity index (χ1) is 8.27. The molecule has 1 fully saturated rings. The predicted octanol–water partition coefficient (Wildman–Crippen LogP) is 1.08. The normalized spacial score (nSPS) is 32.6. The van der Waals surface area contributed by atoms with Crippen molar-refractivity contribution in [2.24, 2.45) is 11.8 Å². The number of aromatic nitrogens is 2. The number of anilines is 1. The number of rotatable bonds is 1. The molecule has 0 bridgehead atoms. The number of likely N-dealkylation sites (N-methyl/N-ethyl adjacent to an activating group) is 1.